The number of rotatable bonds is 4. The Kier molecular flexibility index (Phi) is 5.01. The number of aliphatic imine (C=N–C) groups is 1. The van der Waals surface area contributed by atoms with E-state index >= 15 is 0 Å². The number of carbonyl (C=O) groups is 1. The van der Waals surface area contributed by atoms with Gasteiger partial charge in [-0.25, -0.2) is 9.98 Å². The summed E-state index contributed by atoms with van der Waals surface area (Å²) in [4.78, 5) is 21.6. The number of benzene rings is 2. The van der Waals surface area contributed by atoms with Crippen LogP contribution >= 0.6 is 0 Å². The number of imidazole rings is 1. The molecule has 0 spiro atoms. The number of nitrogens with two attached hydrogens (primary N) is 1. The Labute approximate surface area is 184 Å². The maximum atomic E-state index is 12.7. The lowest BCUT2D eigenvalue weighted by Crippen LogP contribution is -2.32. The van der Waals surface area contributed by atoms with Crippen LogP contribution in [0.15, 0.2) is 90.2 Å². The molecule has 5 rings (SSSR count). The number of para-hydroxylation sites is 2. The predicted molar refractivity (Wildman–Crippen MR) is 127 cm³/mol. The van der Waals surface area contributed by atoms with Crippen molar-refractivity contribution in [2.75, 3.05) is 22.9 Å². The molecule has 0 saturated carbocycles. The molecule has 0 radical (unpaired) electrons. The Morgan fingerprint density at radius 2 is 1.94 bits per heavy atom. The van der Waals surface area contributed by atoms with E-state index in [1.165, 1.54) is 0 Å². The van der Waals surface area contributed by atoms with Gasteiger partial charge in [-0.2, -0.15) is 0 Å². The SMILES string of the molecule is Nc1ccccc1NC(=O)c1cccc(NC2=NCC=C(c3cnc4ccccn34)N2)c1. The molecule has 3 heterocycles. The molecule has 0 unspecified atom stereocenters. The van der Waals surface area contributed by atoms with Gasteiger partial charge in [-0.15, -0.1) is 0 Å². The number of guanidine groups is 1. The standard InChI is InChI=1S/C24H21N7O/c25-18-8-1-2-9-19(18)29-23(32)16-6-5-7-17(14-16)28-24-26-12-11-20(30-24)21-15-27-22-10-3-4-13-31(21)22/h1-11,13-15H,12,25H2,(H,29,32)(H2,26,28,30). The quantitative estimate of drug-likeness (QED) is 0.375. The first kappa shape index (κ1) is 19.4. The summed E-state index contributed by atoms with van der Waals surface area (Å²) in [5.41, 5.74) is 11.0. The summed E-state index contributed by atoms with van der Waals surface area (Å²) in [6, 6.07) is 20.3. The number of pyridine rings is 1. The van der Waals surface area contributed by atoms with Crippen molar-refractivity contribution in [1.82, 2.24) is 14.7 Å². The molecule has 4 aromatic rings. The molecule has 1 amide bonds. The van der Waals surface area contributed by atoms with Crippen LogP contribution in [-0.4, -0.2) is 27.8 Å². The van der Waals surface area contributed by atoms with E-state index in [2.05, 4.69) is 25.9 Å². The van der Waals surface area contributed by atoms with Gasteiger partial charge in [0.25, 0.3) is 5.91 Å². The topological polar surface area (TPSA) is 109 Å². The van der Waals surface area contributed by atoms with Crippen LogP contribution in [0.5, 0.6) is 0 Å². The molecule has 158 valence electrons. The van der Waals surface area contributed by atoms with Gasteiger partial charge in [0.05, 0.1) is 35.5 Å². The molecule has 8 nitrogen and oxygen atoms in total. The zero-order valence-corrected chi connectivity index (χ0v) is 17.1. The first-order valence-corrected chi connectivity index (χ1v) is 10.1. The highest BCUT2D eigenvalue weighted by molar-refractivity contribution is 6.07. The average Bonchev–Trinajstić information content (AvgIpc) is 3.25. The fourth-order valence-corrected chi connectivity index (χ4v) is 3.50. The van der Waals surface area contributed by atoms with Crippen molar-refractivity contribution in [1.29, 1.82) is 0 Å². The number of nitrogens with zero attached hydrogens (tertiary/aromatic N) is 3. The number of amides is 1. The number of hydrogen-bond acceptors (Lipinski definition) is 6. The van der Waals surface area contributed by atoms with E-state index < -0.39 is 0 Å². The van der Waals surface area contributed by atoms with Crippen molar-refractivity contribution in [3.05, 3.63) is 96.5 Å². The summed E-state index contributed by atoms with van der Waals surface area (Å²) in [5, 5.41) is 9.41. The van der Waals surface area contributed by atoms with E-state index in [1.54, 1.807) is 24.3 Å². The van der Waals surface area contributed by atoms with Crippen LogP contribution in [0.3, 0.4) is 0 Å². The first-order chi connectivity index (χ1) is 15.7. The van der Waals surface area contributed by atoms with Gasteiger partial charge >= 0.3 is 0 Å². The lowest BCUT2D eigenvalue weighted by Gasteiger charge is -2.18. The van der Waals surface area contributed by atoms with Crippen LogP contribution in [0.2, 0.25) is 0 Å². The van der Waals surface area contributed by atoms with Crippen molar-refractivity contribution in [2.45, 2.75) is 0 Å². The summed E-state index contributed by atoms with van der Waals surface area (Å²) < 4.78 is 2.02. The average molecular weight is 423 g/mol. The zero-order chi connectivity index (χ0) is 21.9. The minimum absolute atomic E-state index is 0.239. The molecule has 2 aromatic carbocycles. The van der Waals surface area contributed by atoms with Crippen molar-refractivity contribution in [2.24, 2.45) is 4.99 Å². The monoisotopic (exact) mass is 423 g/mol. The smallest absolute Gasteiger partial charge is 0.255 e. The Balaban J connectivity index is 1.30. The molecule has 5 N–H and O–H groups in total. The van der Waals surface area contributed by atoms with Gasteiger partial charge in [0.2, 0.25) is 5.96 Å². The number of carbonyl (C=O) groups excluding carboxylic acids is 1. The second-order valence-corrected chi connectivity index (χ2v) is 7.25. The number of aromatic nitrogens is 2. The molecule has 0 atom stereocenters. The maximum Gasteiger partial charge on any atom is 0.255 e. The second kappa shape index (κ2) is 8.27. The molecule has 0 fully saturated rings. The Morgan fingerprint density at radius 1 is 1.06 bits per heavy atom. The molecular weight excluding hydrogens is 402 g/mol. The number of anilines is 3. The Morgan fingerprint density at radius 3 is 2.84 bits per heavy atom. The van der Waals surface area contributed by atoms with E-state index in [1.807, 2.05) is 65.3 Å². The van der Waals surface area contributed by atoms with Crippen molar-refractivity contribution >= 4 is 40.3 Å². The van der Waals surface area contributed by atoms with E-state index in [9.17, 15) is 4.79 Å². The third-order valence-corrected chi connectivity index (χ3v) is 5.09. The van der Waals surface area contributed by atoms with E-state index in [4.69, 9.17) is 5.73 Å². The van der Waals surface area contributed by atoms with Gasteiger partial charge in [0.1, 0.15) is 5.65 Å². The second-order valence-electron chi connectivity index (χ2n) is 7.25. The number of fused-ring (bicyclic) bond motifs is 1. The fraction of sp³-hybridized carbons (Fsp3) is 0.0417. The molecule has 0 bridgehead atoms. The highest BCUT2D eigenvalue weighted by Gasteiger charge is 2.14. The lowest BCUT2D eigenvalue weighted by atomic mass is 10.1. The molecule has 1 aliphatic rings. The van der Waals surface area contributed by atoms with Gasteiger partial charge < -0.3 is 21.7 Å². The van der Waals surface area contributed by atoms with Gasteiger partial charge in [-0.3, -0.25) is 9.20 Å². The molecule has 32 heavy (non-hydrogen) atoms. The van der Waals surface area contributed by atoms with E-state index in [0.717, 1.165) is 22.7 Å². The molecule has 1 aliphatic heterocycles. The largest absolute Gasteiger partial charge is 0.397 e. The Hall–Kier alpha value is -4.59. The van der Waals surface area contributed by atoms with Crippen LogP contribution in [0, 0.1) is 0 Å². The number of hydrogen-bond donors (Lipinski definition) is 4. The number of nitrogens with one attached hydrogen (secondary N) is 3. The summed E-state index contributed by atoms with van der Waals surface area (Å²) >= 11 is 0. The van der Waals surface area contributed by atoms with Crippen LogP contribution in [0.4, 0.5) is 17.1 Å². The predicted octanol–water partition coefficient (Wildman–Crippen LogP) is 3.58. The van der Waals surface area contributed by atoms with Gasteiger partial charge in [0, 0.05) is 17.4 Å². The molecule has 0 aliphatic carbocycles. The molecular formula is C24H21N7O. The molecule has 8 heteroatoms. The van der Waals surface area contributed by atoms with Gasteiger partial charge in [0.15, 0.2) is 0 Å². The van der Waals surface area contributed by atoms with E-state index in [-0.39, 0.29) is 5.91 Å². The highest BCUT2D eigenvalue weighted by atomic mass is 16.1. The molecule has 0 saturated heterocycles. The lowest BCUT2D eigenvalue weighted by molar-refractivity contribution is 0.102. The summed E-state index contributed by atoms with van der Waals surface area (Å²) in [6.07, 6.45) is 5.81. The van der Waals surface area contributed by atoms with Crippen LogP contribution in [-0.2, 0) is 0 Å². The zero-order valence-electron chi connectivity index (χ0n) is 17.1. The highest BCUT2D eigenvalue weighted by Crippen LogP contribution is 2.20. The Bertz CT molecular complexity index is 1370. The molecule has 2 aromatic heterocycles. The summed E-state index contributed by atoms with van der Waals surface area (Å²) in [5.74, 6) is 0.356. The van der Waals surface area contributed by atoms with Crippen LogP contribution in [0.25, 0.3) is 11.3 Å². The minimum atomic E-state index is -0.239. The maximum absolute atomic E-state index is 12.7. The van der Waals surface area contributed by atoms with Crippen LogP contribution < -0.4 is 21.7 Å². The van der Waals surface area contributed by atoms with Crippen molar-refractivity contribution < 1.29 is 4.79 Å². The van der Waals surface area contributed by atoms with Crippen molar-refractivity contribution in [3.8, 4) is 0 Å². The van der Waals surface area contributed by atoms with E-state index in [0.29, 0.717) is 29.4 Å². The van der Waals surface area contributed by atoms with Crippen molar-refractivity contribution in [3.63, 3.8) is 0 Å². The number of nitrogen functional groups attached to an aromatic ring is 1. The third kappa shape index (κ3) is 3.89. The minimum Gasteiger partial charge on any atom is -0.397 e. The van der Waals surface area contributed by atoms with Gasteiger partial charge in [-0.05, 0) is 48.5 Å². The fourth-order valence-electron chi connectivity index (χ4n) is 3.50. The summed E-state index contributed by atoms with van der Waals surface area (Å²) in [6.45, 7) is 0.526. The normalized spacial score (nSPS) is 13.1. The van der Waals surface area contributed by atoms with Gasteiger partial charge in [-0.1, -0.05) is 24.3 Å². The van der Waals surface area contributed by atoms with Crippen LogP contribution in [0.1, 0.15) is 16.1 Å². The first-order valence-electron chi connectivity index (χ1n) is 10.1. The third-order valence-electron chi connectivity index (χ3n) is 5.09. The summed E-state index contributed by atoms with van der Waals surface area (Å²) in [7, 11) is 0.